The Morgan fingerprint density at radius 1 is 0.882 bits per heavy atom. The number of hydrogen-bond acceptors (Lipinski definition) is 3. The number of rotatable bonds is 7. The molecule has 1 unspecified atom stereocenters. The van der Waals surface area contributed by atoms with Gasteiger partial charge in [0.25, 0.3) is 0 Å². The van der Waals surface area contributed by atoms with Crippen LogP contribution in [0.1, 0.15) is 48.4 Å². The van der Waals surface area contributed by atoms with Crippen molar-refractivity contribution in [2.45, 2.75) is 46.1 Å². The van der Waals surface area contributed by atoms with Crippen LogP contribution in [0.5, 0.6) is 0 Å². The van der Waals surface area contributed by atoms with Crippen LogP contribution in [-0.2, 0) is 9.53 Å². The van der Waals surface area contributed by atoms with Crippen LogP contribution in [0.15, 0.2) is 66.7 Å². The van der Waals surface area contributed by atoms with E-state index in [9.17, 15) is 9.59 Å². The molecule has 0 aromatic heterocycles. The minimum Gasteiger partial charge on any atom is -0.449 e. The van der Waals surface area contributed by atoms with Crippen LogP contribution >= 0.6 is 0 Å². The van der Waals surface area contributed by atoms with Crippen LogP contribution in [0, 0.1) is 19.8 Å². The molecular weight excluding hydrogens is 424 g/mol. The lowest BCUT2D eigenvalue weighted by Gasteiger charge is -2.21. The highest BCUT2D eigenvalue weighted by molar-refractivity contribution is 5.96. The van der Waals surface area contributed by atoms with E-state index in [1.54, 1.807) is 0 Å². The van der Waals surface area contributed by atoms with E-state index in [1.807, 2.05) is 64.1 Å². The smallest absolute Gasteiger partial charge is 0.407 e. The fraction of sp³-hybridized carbons (Fsp3) is 0.310. The first-order valence-corrected chi connectivity index (χ1v) is 11.8. The molecule has 0 aliphatic heterocycles. The molecule has 5 nitrogen and oxygen atoms in total. The van der Waals surface area contributed by atoms with Gasteiger partial charge >= 0.3 is 6.09 Å². The molecule has 176 valence electrons. The Hall–Kier alpha value is -3.60. The second-order valence-corrected chi connectivity index (χ2v) is 9.52. The number of carbonyl (C=O) groups is 2. The maximum atomic E-state index is 13.0. The quantitative estimate of drug-likeness (QED) is 0.445. The minimum absolute atomic E-state index is 0.0224. The third-order valence-electron chi connectivity index (χ3n) is 6.15. The first-order chi connectivity index (χ1) is 16.3. The lowest BCUT2D eigenvalue weighted by Crippen LogP contribution is -2.45. The van der Waals surface area contributed by atoms with Gasteiger partial charge in [-0.3, -0.25) is 4.79 Å². The van der Waals surface area contributed by atoms with Gasteiger partial charge in [-0.05, 0) is 71.7 Å². The SMILES string of the molecule is Cc1cc(C)cc(NC(=O)C(CC(C)C)NC(=O)OCC2c3ccccc3-c3ccccc32)c1. The molecule has 0 radical (unpaired) electrons. The molecule has 3 aromatic rings. The van der Waals surface area contributed by atoms with Crippen molar-refractivity contribution in [2.75, 3.05) is 11.9 Å². The molecule has 1 aliphatic rings. The van der Waals surface area contributed by atoms with Crippen LogP contribution in [0.25, 0.3) is 11.1 Å². The Morgan fingerprint density at radius 3 is 2.00 bits per heavy atom. The highest BCUT2D eigenvalue weighted by Crippen LogP contribution is 2.44. The third kappa shape index (κ3) is 5.30. The van der Waals surface area contributed by atoms with E-state index in [4.69, 9.17) is 4.74 Å². The number of benzene rings is 3. The van der Waals surface area contributed by atoms with Crippen molar-refractivity contribution in [1.29, 1.82) is 0 Å². The second-order valence-electron chi connectivity index (χ2n) is 9.52. The van der Waals surface area contributed by atoms with Gasteiger partial charge in [-0.15, -0.1) is 0 Å². The van der Waals surface area contributed by atoms with E-state index in [2.05, 4.69) is 41.0 Å². The van der Waals surface area contributed by atoms with Crippen molar-refractivity contribution in [3.05, 3.63) is 89.0 Å². The Balaban J connectivity index is 1.43. The number of nitrogens with one attached hydrogen (secondary N) is 2. The van der Waals surface area contributed by atoms with E-state index < -0.39 is 12.1 Å². The summed E-state index contributed by atoms with van der Waals surface area (Å²) in [6, 6.07) is 21.6. The summed E-state index contributed by atoms with van der Waals surface area (Å²) in [6.45, 7) is 8.24. The summed E-state index contributed by atoms with van der Waals surface area (Å²) < 4.78 is 5.66. The zero-order chi connectivity index (χ0) is 24.2. The van der Waals surface area contributed by atoms with Crippen LogP contribution in [0.4, 0.5) is 10.5 Å². The number of carbonyl (C=O) groups excluding carboxylic acids is 2. The predicted octanol–water partition coefficient (Wildman–Crippen LogP) is 6.20. The average Bonchev–Trinajstić information content (AvgIpc) is 3.10. The van der Waals surface area contributed by atoms with Gasteiger partial charge in [0.05, 0.1) is 0 Å². The molecule has 2 amide bonds. The van der Waals surface area contributed by atoms with Gasteiger partial charge in [0.2, 0.25) is 5.91 Å². The van der Waals surface area contributed by atoms with Gasteiger partial charge in [0, 0.05) is 11.6 Å². The molecule has 4 rings (SSSR count). The van der Waals surface area contributed by atoms with Gasteiger partial charge in [0.15, 0.2) is 0 Å². The number of amides is 2. The Bertz CT molecular complexity index is 1140. The van der Waals surface area contributed by atoms with Crippen molar-refractivity contribution in [3.8, 4) is 11.1 Å². The third-order valence-corrected chi connectivity index (χ3v) is 6.15. The van der Waals surface area contributed by atoms with Crippen LogP contribution in [0.3, 0.4) is 0 Å². The molecule has 5 heteroatoms. The molecule has 0 saturated heterocycles. The van der Waals surface area contributed by atoms with E-state index in [-0.39, 0.29) is 24.3 Å². The molecule has 1 atom stereocenters. The topological polar surface area (TPSA) is 67.4 Å². The van der Waals surface area contributed by atoms with Crippen molar-refractivity contribution >= 4 is 17.7 Å². The fourth-order valence-corrected chi connectivity index (χ4v) is 4.76. The summed E-state index contributed by atoms with van der Waals surface area (Å²) in [6.07, 6.45) is -0.0658. The summed E-state index contributed by atoms with van der Waals surface area (Å²) in [5.74, 6) is -0.0399. The minimum atomic E-state index is -0.684. The standard InChI is InChI=1S/C29H32N2O3/c1-18(2)13-27(28(32)30-21-15-19(3)14-20(4)16-21)31-29(33)34-17-26-24-11-7-5-9-22(24)23-10-6-8-12-25(23)26/h5-12,14-16,18,26-27H,13,17H2,1-4H3,(H,30,32)(H,31,33). The number of fused-ring (bicyclic) bond motifs is 3. The predicted molar refractivity (Wildman–Crippen MR) is 136 cm³/mol. The van der Waals surface area contributed by atoms with Gasteiger partial charge in [-0.25, -0.2) is 4.79 Å². The summed E-state index contributed by atoms with van der Waals surface area (Å²) in [4.78, 5) is 25.8. The molecule has 0 spiro atoms. The van der Waals surface area contributed by atoms with Gasteiger partial charge in [-0.2, -0.15) is 0 Å². The van der Waals surface area contributed by atoms with E-state index >= 15 is 0 Å². The van der Waals surface area contributed by atoms with E-state index in [0.29, 0.717) is 6.42 Å². The molecule has 0 fully saturated rings. The normalized spacial score (nSPS) is 13.2. The van der Waals surface area contributed by atoms with Crippen LogP contribution in [-0.4, -0.2) is 24.6 Å². The van der Waals surface area contributed by atoms with Crippen molar-refractivity contribution in [2.24, 2.45) is 5.92 Å². The van der Waals surface area contributed by atoms with Crippen molar-refractivity contribution in [3.63, 3.8) is 0 Å². The summed E-state index contributed by atoms with van der Waals surface area (Å²) in [7, 11) is 0. The summed E-state index contributed by atoms with van der Waals surface area (Å²) in [5, 5.41) is 5.74. The molecule has 1 aliphatic carbocycles. The van der Waals surface area contributed by atoms with Crippen LogP contribution in [0.2, 0.25) is 0 Å². The lowest BCUT2D eigenvalue weighted by molar-refractivity contribution is -0.118. The first-order valence-electron chi connectivity index (χ1n) is 11.8. The van der Waals surface area contributed by atoms with Crippen LogP contribution < -0.4 is 10.6 Å². The Morgan fingerprint density at radius 2 is 1.44 bits per heavy atom. The summed E-state index contributed by atoms with van der Waals surface area (Å²) in [5.41, 5.74) is 7.53. The highest BCUT2D eigenvalue weighted by Gasteiger charge is 2.30. The van der Waals surface area contributed by atoms with Crippen molar-refractivity contribution < 1.29 is 14.3 Å². The fourth-order valence-electron chi connectivity index (χ4n) is 4.76. The largest absolute Gasteiger partial charge is 0.449 e. The van der Waals surface area contributed by atoms with E-state index in [1.165, 1.54) is 11.1 Å². The highest BCUT2D eigenvalue weighted by atomic mass is 16.5. The average molecular weight is 457 g/mol. The zero-order valence-electron chi connectivity index (χ0n) is 20.2. The van der Waals surface area contributed by atoms with E-state index in [0.717, 1.165) is 27.9 Å². The van der Waals surface area contributed by atoms with Gasteiger partial charge < -0.3 is 15.4 Å². The molecule has 34 heavy (non-hydrogen) atoms. The Labute approximate surface area is 201 Å². The molecule has 0 saturated carbocycles. The van der Waals surface area contributed by atoms with Gasteiger partial charge in [0.1, 0.15) is 12.6 Å². The monoisotopic (exact) mass is 456 g/mol. The molecule has 2 N–H and O–H groups in total. The van der Waals surface area contributed by atoms with Gasteiger partial charge in [-0.1, -0.05) is 68.4 Å². The number of ether oxygens (including phenoxy) is 1. The second kappa shape index (κ2) is 10.1. The molecule has 0 bridgehead atoms. The Kier molecular flexibility index (Phi) is 7.01. The first kappa shape index (κ1) is 23.6. The van der Waals surface area contributed by atoms with Crippen molar-refractivity contribution in [1.82, 2.24) is 5.32 Å². The lowest BCUT2D eigenvalue weighted by atomic mass is 9.98. The number of aryl methyl sites for hydroxylation is 2. The number of alkyl carbamates (subject to hydrolysis) is 1. The summed E-state index contributed by atoms with van der Waals surface area (Å²) >= 11 is 0. The molecule has 3 aromatic carbocycles. The number of hydrogen-bond donors (Lipinski definition) is 2. The molecule has 0 heterocycles. The number of anilines is 1. The maximum Gasteiger partial charge on any atom is 0.407 e. The zero-order valence-corrected chi connectivity index (χ0v) is 20.2. The molecular formula is C29H32N2O3. The maximum absolute atomic E-state index is 13.0.